The van der Waals surface area contributed by atoms with Gasteiger partial charge >= 0.3 is 0 Å². The fourth-order valence-corrected chi connectivity index (χ4v) is 6.43. The summed E-state index contributed by atoms with van der Waals surface area (Å²) in [5.74, 6) is -1.67. The predicted molar refractivity (Wildman–Crippen MR) is 137 cm³/mol. The highest BCUT2D eigenvalue weighted by Gasteiger charge is 2.53. The van der Waals surface area contributed by atoms with E-state index in [-0.39, 0.29) is 46.2 Å². The van der Waals surface area contributed by atoms with E-state index >= 15 is 0 Å². The van der Waals surface area contributed by atoms with Gasteiger partial charge in [-0.05, 0) is 6.07 Å². The zero-order valence-corrected chi connectivity index (χ0v) is 22.0. The molecule has 198 valence electrons. The predicted octanol–water partition coefficient (Wildman–Crippen LogP) is -1.95. The summed E-state index contributed by atoms with van der Waals surface area (Å²) in [4.78, 5) is 60.4. The molecule has 0 aromatic carbocycles. The average Bonchev–Trinajstić information content (AvgIpc) is 3.29. The number of hydrogen-bond donors (Lipinski definition) is 3. The van der Waals surface area contributed by atoms with Crippen LogP contribution < -0.4 is 26.5 Å². The SMILES string of the molecule is NC(=O)c1ccc[n+](CC2=C(C(=O)[O-])N3C(=O)C(NC(=O)/C(=N/OC4CSC4)c4csc(N)n4)[C@H]3SC2)c1. The van der Waals surface area contributed by atoms with Gasteiger partial charge in [-0.3, -0.25) is 19.3 Å². The topological polar surface area (TPSA) is 197 Å². The van der Waals surface area contributed by atoms with Gasteiger partial charge in [0.2, 0.25) is 0 Å². The molecule has 16 heteroatoms. The maximum absolute atomic E-state index is 13.1. The molecule has 5 N–H and O–H groups in total. The highest BCUT2D eigenvalue weighted by molar-refractivity contribution is 8.00. The van der Waals surface area contributed by atoms with Crippen LogP contribution in [0.1, 0.15) is 16.1 Å². The second kappa shape index (κ2) is 10.6. The lowest BCUT2D eigenvalue weighted by Crippen LogP contribution is -2.71. The molecule has 1 unspecified atom stereocenters. The third-order valence-corrected chi connectivity index (χ3v) is 9.15. The minimum atomic E-state index is -1.51. The highest BCUT2D eigenvalue weighted by atomic mass is 32.2. The van der Waals surface area contributed by atoms with Crippen molar-refractivity contribution in [3.63, 3.8) is 0 Å². The molecule has 2 atom stereocenters. The Bertz CT molecular complexity index is 1390. The van der Waals surface area contributed by atoms with Crippen molar-refractivity contribution in [2.45, 2.75) is 24.1 Å². The van der Waals surface area contributed by atoms with Crippen LogP contribution in [0.3, 0.4) is 0 Å². The highest BCUT2D eigenvalue weighted by Crippen LogP contribution is 2.40. The number of nitrogens with one attached hydrogen (secondary N) is 1. The van der Waals surface area contributed by atoms with Crippen molar-refractivity contribution in [1.29, 1.82) is 0 Å². The van der Waals surface area contributed by atoms with E-state index in [1.807, 2.05) is 0 Å². The molecule has 5 heterocycles. The molecular weight excluding hydrogens is 554 g/mol. The summed E-state index contributed by atoms with van der Waals surface area (Å²) in [6.45, 7) is 0.101. The number of pyridine rings is 1. The molecular formula is C22H21N7O6S3. The maximum atomic E-state index is 13.1. The molecule has 38 heavy (non-hydrogen) atoms. The number of amides is 3. The number of carboxylic acids is 1. The van der Waals surface area contributed by atoms with E-state index in [9.17, 15) is 24.3 Å². The van der Waals surface area contributed by atoms with Gasteiger partial charge in [-0.25, -0.2) is 9.55 Å². The number of aliphatic carboxylic acids is 1. The second-order valence-electron chi connectivity index (χ2n) is 8.51. The first-order chi connectivity index (χ1) is 18.2. The Balaban J connectivity index is 1.34. The molecule has 3 amide bonds. The van der Waals surface area contributed by atoms with Crippen LogP contribution in [-0.4, -0.2) is 74.1 Å². The lowest BCUT2D eigenvalue weighted by molar-refractivity contribution is -0.689. The van der Waals surface area contributed by atoms with Gasteiger partial charge in [-0.2, -0.15) is 11.8 Å². The number of oxime groups is 1. The van der Waals surface area contributed by atoms with E-state index in [0.717, 1.165) is 27.7 Å². The zero-order valence-electron chi connectivity index (χ0n) is 19.6. The van der Waals surface area contributed by atoms with Crippen molar-refractivity contribution in [3.8, 4) is 0 Å². The van der Waals surface area contributed by atoms with Crippen molar-refractivity contribution in [1.82, 2.24) is 15.2 Å². The molecule has 2 saturated heterocycles. The van der Waals surface area contributed by atoms with E-state index in [1.165, 1.54) is 18.0 Å². The van der Waals surface area contributed by atoms with Crippen LogP contribution in [0.25, 0.3) is 0 Å². The van der Waals surface area contributed by atoms with Gasteiger partial charge in [0.05, 0.1) is 11.7 Å². The Morgan fingerprint density at radius 1 is 1.34 bits per heavy atom. The van der Waals surface area contributed by atoms with Crippen LogP contribution in [0.5, 0.6) is 0 Å². The number of aromatic nitrogens is 2. The van der Waals surface area contributed by atoms with E-state index in [1.54, 1.807) is 40.0 Å². The number of primary amides is 1. The normalized spacial score (nSPS) is 21.3. The summed E-state index contributed by atoms with van der Waals surface area (Å²) < 4.78 is 1.60. The smallest absolute Gasteiger partial charge is 0.276 e. The van der Waals surface area contributed by atoms with Crippen LogP contribution >= 0.6 is 34.9 Å². The minimum absolute atomic E-state index is 0.101. The molecule has 3 aliphatic heterocycles. The molecule has 2 aromatic heterocycles. The number of fused-ring (bicyclic) bond motifs is 1. The van der Waals surface area contributed by atoms with Crippen molar-refractivity contribution in [2.24, 2.45) is 10.9 Å². The number of carbonyl (C=O) groups is 4. The summed E-state index contributed by atoms with van der Waals surface area (Å²) in [6.07, 6.45) is 3.03. The number of rotatable bonds is 9. The van der Waals surface area contributed by atoms with E-state index in [0.29, 0.717) is 5.57 Å². The quantitative estimate of drug-likeness (QED) is 0.131. The number of thiazole rings is 1. The van der Waals surface area contributed by atoms with Gasteiger partial charge in [-0.15, -0.1) is 23.1 Å². The maximum Gasteiger partial charge on any atom is 0.276 e. The number of thioether (sulfide) groups is 2. The first-order valence-corrected chi connectivity index (χ1v) is 14.3. The van der Waals surface area contributed by atoms with Crippen LogP contribution in [0.15, 0.2) is 46.3 Å². The Labute approximate surface area is 228 Å². The van der Waals surface area contributed by atoms with Crippen LogP contribution in [0, 0.1) is 0 Å². The van der Waals surface area contributed by atoms with Crippen LogP contribution in [0.4, 0.5) is 5.13 Å². The van der Waals surface area contributed by atoms with Crippen LogP contribution in [0.2, 0.25) is 0 Å². The number of anilines is 1. The molecule has 2 aromatic rings. The summed E-state index contributed by atoms with van der Waals surface area (Å²) in [7, 11) is 0. The van der Waals surface area contributed by atoms with Gasteiger partial charge < -0.3 is 31.5 Å². The Kier molecular flexibility index (Phi) is 7.27. The third kappa shape index (κ3) is 5.06. The molecule has 5 rings (SSSR count). The van der Waals surface area contributed by atoms with Gasteiger partial charge in [0.15, 0.2) is 29.8 Å². The fraction of sp³-hybridized carbons (Fsp3) is 0.318. The summed E-state index contributed by atoms with van der Waals surface area (Å²) >= 11 is 4.11. The third-order valence-electron chi connectivity index (χ3n) is 5.92. The summed E-state index contributed by atoms with van der Waals surface area (Å²) in [6, 6.07) is 2.16. The molecule has 0 aliphatic carbocycles. The number of carbonyl (C=O) groups excluding carboxylic acids is 4. The van der Waals surface area contributed by atoms with Gasteiger partial charge in [0.25, 0.3) is 17.7 Å². The number of nitrogen functional groups attached to an aromatic ring is 1. The van der Waals surface area contributed by atoms with Gasteiger partial charge in [0, 0.05) is 34.3 Å². The zero-order chi connectivity index (χ0) is 27.0. The van der Waals surface area contributed by atoms with E-state index < -0.39 is 35.1 Å². The van der Waals surface area contributed by atoms with Crippen molar-refractivity contribution in [2.75, 3.05) is 23.0 Å². The number of nitrogens with zero attached hydrogens (tertiary/aromatic N) is 4. The lowest BCUT2D eigenvalue weighted by atomic mass is 10.0. The molecule has 0 spiro atoms. The minimum Gasteiger partial charge on any atom is -0.543 e. The van der Waals surface area contributed by atoms with Crippen molar-refractivity contribution < 1.29 is 33.7 Å². The monoisotopic (exact) mass is 575 g/mol. The number of hydrogen-bond acceptors (Lipinski definition) is 12. The van der Waals surface area contributed by atoms with Gasteiger partial charge in [0.1, 0.15) is 28.8 Å². The number of carboxylic acid groups (broad SMARTS) is 1. The van der Waals surface area contributed by atoms with E-state index in [2.05, 4.69) is 15.5 Å². The fourth-order valence-electron chi connectivity index (χ4n) is 3.99. The molecule has 0 radical (unpaired) electrons. The van der Waals surface area contributed by atoms with Crippen molar-refractivity contribution >= 4 is 69.4 Å². The molecule has 0 bridgehead atoms. The largest absolute Gasteiger partial charge is 0.543 e. The first-order valence-electron chi connectivity index (χ1n) is 11.2. The molecule has 13 nitrogen and oxygen atoms in total. The second-order valence-corrected chi connectivity index (χ2v) is 11.6. The van der Waals surface area contributed by atoms with Gasteiger partial charge in [-0.1, -0.05) is 5.16 Å². The molecule has 3 aliphatic rings. The summed E-state index contributed by atoms with van der Waals surface area (Å²) in [5, 5.41) is 19.8. The standard InChI is InChI=1S/C22H21N7O6S3/c23-17(30)10-2-1-3-28(4-10)5-11-6-37-20-15(19(32)29(20)16(11)21(33)34)26-18(31)14(13-9-38-22(24)25-13)27-35-12-7-36-8-12/h1-4,9,12,15,20H,5-8H2,(H5-,23,24,25,26,30,31,33,34)/b27-14+/t15?,20-/m1/s1. The Morgan fingerprint density at radius 2 is 2.13 bits per heavy atom. The van der Waals surface area contributed by atoms with E-state index in [4.69, 9.17) is 16.3 Å². The number of β-lactam (4-membered cyclic amide) rings is 1. The molecule has 2 fully saturated rings. The average molecular weight is 576 g/mol. The van der Waals surface area contributed by atoms with Crippen molar-refractivity contribution in [3.05, 3.63) is 52.4 Å². The van der Waals surface area contributed by atoms with Crippen LogP contribution in [-0.2, 0) is 25.8 Å². The molecule has 0 saturated carbocycles. The Hall–Kier alpha value is -3.63. The lowest BCUT2D eigenvalue weighted by Gasteiger charge is -2.50. The number of nitrogens with two attached hydrogens (primary N) is 2. The first kappa shape index (κ1) is 26.0. The Morgan fingerprint density at radius 3 is 2.76 bits per heavy atom. The summed E-state index contributed by atoms with van der Waals surface area (Å²) in [5.41, 5.74) is 11.6.